The van der Waals surface area contributed by atoms with Gasteiger partial charge in [0.15, 0.2) is 0 Å². The Hall–Kier alpha value is -2.79. The zero-order valence-electron chi connectivity index (χ0n) is 17.9. The number of carbonyl (C=O) groups is 1. The Morgan fingerprint density at radius 3 is 2.83 bits per heavy atom. The van der Waals surface area contributed by atoms with Crippen molar-refractivity contribution in [2.24, 2.45) is 5.92 Å². The van der Waals surface area contributed by atoms with Crippen LogP contribution in [0.3, 0.4) is 0 Å². The summed E-state index contributed by atoms with van der Waals surface area (Å²) in [4.78, 5) is 20.6. The van der Waals surface area contributed by atoms with Gasteiger partial charge in [-0.3, -0.25) is 4.79 Å². The summed E-state index contributed by atoms with van der Waals surface area (Å²) in [5.74, 6) is 1.54. The second kappa shape index (κ2) is 9.35. The number of aromatic amines is 1. The number of rotatable bonds is 7. The molecule has 5 heteroatoms. The Labute approximate surface area is 178 Å². The van der Waals surface area contributed by atoms with Gasteiger partial charge in [-0.05, 0) is 55.5 Å². The molecule has 2 aromatic carbocycles. The predicted octanol–water partition coefficient (Wildman–Crippen LogP) is 4.20. The molecule has 0 radical (unpaired) electrons. The first-order valence-electron chi connectivity index (χ1n) is 10.8. The van der Waals surface area contributed by atoms with Crippen molar-refractivity contribution in [2.45, 2.75) is 19.3 Å². The Balaban J connectivity index is 1.32. The van der Waals surface area contributed by atoms with Gasteiger partial charge in [-0.25, -0.2) is 0 Å². The summed E-state index contributed by atoms with van der Waals surface area (Å²) in [6.45, 7) is 3.99. The van der Waals surface area contributed by atoms with Gasteiger partial charge >= 0.3 is 0 Å². The Bertz CT molecular complexity index is 964. The van der Waals surface area contributed by atoms with Crippen LogP contribution in [0.4, 0.5) is 0 Å². The van der Waals surface area contributed by atoms with E-state index in [2.05, 4.69) is 22.0 Å². The SMILES string of the molecule is COc1ccccc1CCN1CCCC(CN(C)C(=O)c2cc3ccccc3[nH]2)C1. The second-order valence-electron chi connectivity index (χ2n) is 8.33. The van der Waals surface area contributed by atoms with E-state index in [-0.39, 0.29) is 5.91 Å². The van der Waals surface area contributed by atoms with Crippen molar-refractivity contribution in [3.8, 4) is 5.75 Å². The van der Waals surface area contributed by atoms with Crippen molar-refractivity contribution in [2.75, 3.05) is 40.3 Å². The number of carbonyl (C=O) groups excluding carboxylic acids is 1. The standard InChI is InChI=1S/C25H31N3O2/c1-27(25(29)23-16-21-10-3-5-11-22(21)26-23)17-19-8-7-14-28(18-19)15-13-20-9-4-6-12-24(20)30-2/h3-6,9-12,16,19,26H,7-8,13-15,17-18H2,1-2H3. The first kappa shape index (κ1) is 20.5. The molecule has 30 heavy (non-hydrogen) atoms. The minimum Gasteiger partial charge on any atom is -0.496 e. The summed E-state index contributed by atoms with van der Waals surface area (Å²) < 4.78 is 5.48. The third-order valence-electron chi connectivity index (χ3n) is 6.13. The molecule has 158 valence electrons. The van der Waals surface area contributed by atoms with Gasteiger partial charge in [0.05, 0.1) is 7.11 Å². The van der Waals surface area contributed by atoms with E-state index < -0.39 is 0 Å². The van der Waals surface area contributed by atoms with Crippen molar-refractivity contribution in [1.82, 2.24) is 14.8 Å². The van der Waals surface area contributed by atoms with E-state index in [4.69, 9.17) is 4.74 Å². The highest BCUT2D eigenvalue weighted by molar-refractivity contribution is 5.97. The minimum atomic E-state index is 0.0670. The molecular weight excluding hydrogens is 374 g/mol. The zero-order valence-corrected chi connectivity index (χ0v) is 17.9. The zero-order chi connectivity index (χ0) is 20.9. The molecular formula is C25H31N3O2. The quantitative estimate of drug-likeness (QED) is 0.641. The largest absolute Gasteiger partial charge is 0.496 e. The van der Waals surface area contributed by atoms with Crippen molar-refractivity contribution in [3.05, 3.63) is 65.9 Å². The third-order valence-corrected chi connectivity index (χ3v) is 6.13. The van der Waals surface area contributed by atoms with Gasteiger partial charge in [-0.15, -0.1) is 0 Å². The van der Waals surface area contributed by atoms with Crippen LogP contribution in [-0.4, -0.2) is 61.0 Å². The molecule has 1 amide bonds. The molecule has 2 heterocycles. The maximum atomic E-state index is 12.9. The minimum absolute atomic E-state index is 0.0670. The van der Waals surface area contributed by atoms with Gasteiger partial charge in [-0.1, -0.05) is 36.4 Å². The molecule has 1 N–H and O–H groups in total. The van der Waals surface area contributed by atoms with E-state index >= 15 is 0 Å². The topological polar surface area (TPSA) is 48.6 Å². The van der Waals surface area contributed by atoms with Crippen molar-refractivity contribution in [3.63, 3.8) is 0 Å². The summed E-state index contributed by atoms with van der Waals surface area (Å²) in [6, 6.07) is 18.2. The van der Waals surface area contributed by atoms with Crippen LogP contribution in [0.25, 0.3) is 10.9 Å². The average molecular weight is 406 g/mol. The number of aromatic nitrogens is 1. The lowest BCUT2D eigenvalue weighted by molar-refractivity contribution is 0.0725. The highest BCUT2D eigenvalue weighted by atomic mass is 16.5. The number of para-hydroxylation sites is 2. The molecule has 1 aliphatic rings. The van der Waals surface area contributed by atoms with E-state index in [1.165, 1.54) is 18.4 Å². The molecule has 1 aliphatic heterocycles. The molecule has 0 bridgehead atoms. The molecule has 0 aliphatic carbocycles. The number of methoxy groups -OCH3 is 1. The number of nitrogens with zero attached hydrogens (tertiary/aromatic N) is 2. The first-order chi connectivity index (χ1) is 14.6. The van der Waals surface area contributed by atoms with E-state index in [1.807, 2.05) is 54.4 Å². The maximum Gasteiger partial charge on any atom is 0.270 e. The number of hydrogen-bond acceptors (Lipinski definition) is 3. The number of hydrogen-bond donors (Lipinski definition) is 1. The van der Waals surface area contributed by atoms with Crippen LogP contribution in [0.5, 0.6) is 5.75 Å². The fraction of sp³-hybridized carbons (Fsp3) is 0.400. The van der Waals surface area contributed by atoms with Crippen LogP contribution < -0.4 is 4.74 Å². The van der Waals surface area contributed by atoms with Gasteiger partial charge in [0, 0.05) is 37.6 Å². The van der Waals surface area contributed by atoms with Crippen LogP contribution in [0.15, 0.2) is 54.6 Å². The fourth-order valence-electron chi connectivity index (χ4n) is 4.56. The lowest BCUT2D eigenvalue weighted by Crippen LogP contribution is -2.42. The van der Waals surface area contributed by atoms with Gasteiger partial charge in [0.25, 0.3) is 5.91 Å². The summed E-state index contributed by atoms with van der Waals surface area (Å²) in [5.41, 5.74) is 2.94. The van der Waals surface area contributed by atoms with E-state index in [9.17, 15) is 4.79 Å². The summed E-state index contributed by atoms with van der Waals surface area (Å²) in [5, 5.41) is 1.08. The number of H-pyrrole nitrogens is 1. The molecule has 3 aromatic rings. The number of amides is 1. The molecule has 0 saturated carbocycles. The van der Waals surface area contributed by atoms with Gasteiger partial charge < -0.3 is 19.5 Å². The lowest BCUT2D eigenvalue weighted by atomic mass is 9.97. The number of fused-ring (bicyclic) bond motifs is 1. The van der Waals surface area contributed by atoms with Crippen molar-refractivity contribution < 1.29 is 9.53 Å². The van der Waals surface area contributed by atoms with Crippen LogP contribution in [0, 0.1) is 5.92 Å². The average Bonchev–Trinajstić information content (AvgIpc) is 3.22. The maximum absolute atomic E-state index is 12.9. The van der Waals surface area contributed by atoms with Crippen molar-refractivity contribution in [1.29, 1.82) is 0 Å². The predicted molar refractivity (Wildman–Crippen MR) is 121 cm³/mol. The van der Waals surface area contributed by atoms with Gasteiger partial charge in [-0.2, -0.15) is 0 Å². The molecule has 1 fully saturated rings. The molecule has 5 nitrogen and oxygen atoms in total. The van der Waals surface area contributed by atoms with E-state index in [0.29, 0.717) is 11.6 Å². The van der Waals surface area contributed by atoms with Crippen LogP contribution >= 0.6 is 0 Å². The number of ether oxygens (including phenoxy) is 1. The summed E-state index contributed by atoms with van der Waals surface area (Å²) >= 11 is 0. The molecule has 4 rings (SSSR count). The van der Waals surface area contributed by atoms with Crippen LogP contribution in [0.1, 0.15) is 28.9 Å². The Morgan fingerprint density at radius 2 is 2.00 bits per heavy atom. The summed E-state index contributed by atoms with van der Waals surface area (Å²) in [7, 11) is 3.65. The van der Waals surface area contributed by atoms with Gasteiger partial charge in [0.1, 0.15) is 11.4 Å². The second-order valence-corrected chi connectivity index (χ2v) is 8.33. The van der Waals surface area contributed by atoms with E-state index in [1.54, 1.807) is 7.11 Å². The normalized spacial score (nSPS) is 17.2. The number of piperidine rings is 1. The fourth-order valence-corrected chi connectivity index (χ4v) is 4.56. The number of nitrogens with one attached hydrogen (secondary N) is 1. The molecule has 1 atom stereocenters. The van der Waals surface area contributed by atoms with Crippen molar-refractivity contribution >= 4 is 16.8 Å². The monoisotopic (exact) mass is 405 g/mol. The Kier molecular flexibility index (Phi) is 6.38. The number of likely N-dealkylation sites (tertiary alicyclic amines) is 1. The van der Waals surface area contributed by atoms with E-state index in [0.717, 1.165) is 49.3 Å². The first-order valence-corrected chi connectivity index (χ1v) is 10.8. The summed E-state index contributed by atoms with van der Waals surface area (Å²) in [6.07, 6.45) is 3.35. The highest BCUT2D eigenvalue weighted by Crippen LogP contribution is 2.22. The Morgan fingerprint density at radius 1 is 1.20 bits per heavy atom. The molecule has 0 spiro atoms. The van der Waals surface area contributed by atoms with Gasteiger partial charge in [0.2, 0.25) is 0 Å². The van der Waals surface area contributed by atoms with Crippen LogP contribution in [0.2, 0.25) is 0 Å². The molecule has 1 unspecified atom stereocenters. The van der Waals surface area contributed by atoms with Crippen LogP contribution in [-0.2, 0) is 6.42 Å². The smallest absolute Gasteiger partial charge is 0.270 e. The highest BCUT2D eigenvalue weighted by Gasteiger charge is 2.24. The molecule has 1 saturated heterocycles. The lowest BCUT2D eigenvalue weighted by Gasteiger charge is -2.34. The number of benzene rings is 2. The third kappa shape index (κ3) is 4.68. The molecule has 1 aromatic heterocycles.